The molecule has 0 saturated carbocycles. The number of benzene rings is 1. The Morgan fingerprint density at radius 2 is 1.93 bits per heavy atom. The maximum atomic E-state index is 4.09. The first kappa shape index (κ1) is 10.2. The van der Waals surface area contributed by atoms with Gasteiger partial charge >= 0.3 is 0 Å². The lowest BCUT2D eigenvalue weighted by Crippen LogP contribution is -2.00. The van der Waals surface area contributed by atoms with Gasteiger partial charge in [-0.2, -0.15) is 0 Å². The highest BCUT2D eigenvalue weighted by atomic mass is 79.9. The average molecular weight is 263 g/mol. The number of halogens is 1. The Labute approximate surface area is 97.5 Å². The van der Waals surface area contributed by atoms with E-state index in [1.807, 2.05) is 42.6 Å². The lowest BCUT2D eigenvalue weighted by molar-refractivity contribution is 1.10. The molecular formula is C12H11BrN2. The van der Waals surface area contributed by atoms with Crippen LogP contribution in [0.3, 0.4) is 0 Å². The normalized spacial score (nSPS) is 9.93. The molecule has 2 aromatic rings. The highest BCUT2D eigenvalue weighted by molar-refractivity contribution is 9.10. The molecule has 15 heavy (non-hydrogen) atoms. The number of nitrogens with one attached hydrogen (secondary N) is 1. The van der Waals surface area contributed by atoms with Crippen LogP contribution in [0.4, 0.5) is 5.69 Å². The Morgan fingerprint density at radius 1 is 1.13 bits per heavy atom. The standard InChI is InChI=1S/C12H11BrN2/c13-12-6-7-14-8-10(12)9-15-11-4-2-1-3-5-11/h1-8,15H,9H2. The van der Waals surface area contributed by atoms with Gasteiger partial charge in [0.25, 0.3) is 0 Å². The second-order valence-corrected chi connectivity index (χ2v) is 4.04. The molecule has 0 spiro atoms. The van der Waals surface area contributed by atoms with Gasteiger partial charge in [0, 0.05) is 34.7 Å². The monoisotopic (exact) mass is 262 g/mol. The molecule has 1 N–H and O–H groups in total. The quantitative estimate of drug-likeness (QED) is 0.917. The molecule has 0 radical (unpaired) electrons. The van der Waals surface area contributed by atoms with Crippen molar-refractivity contribution < 1.29 is 0 Å². The van der Waals surface area contributed by atoms with Crippen LogP contribution >= 0.6 is 15.9 Å². The summed E-state index contributed by atoms with van der Waals surface area (Å²) in [6.45, 7) is 0.776. The molecule has 0 bridgehead atoms. The van der Waals surface area contributed by atoms with Crippen molar-refractivity contribution in [1.82, 2.24) is 4.98 Å². The zero-order valence-electron chi connectivity index (χ0n) is 8.15. The summed E-state index contributed by atoms with van der Waals surface area (Å²) < 4.78 is 1.08. The number of hydrogen-bond donors (Lipinski definition) is 1. The minimum absolute atomic E-state index is 0.776. The SMILES string of the molecule is Brc1ccncc1CNc1ccccc1. The van der Waals surface area contributed by atoms with Gasteiger partial charge in [0.15, 0.2) is 0 Å². The van der Waals surface area contributed by atoms with Crippen molar-refractivity contribution >= 4 is 21.6 Å². The molecule has 0 saturated heterocycles. The minimum atomic E-state index is 0.776. The first-order chi connectivity index (χ1) is 7.36. The third kappa shape index (κ3) is 2.80. The van der Waals surface area contributed by atoms with E-state index in [9.17, 15) is 0 Å². The van der Waals surface area contributed by atoms with Crippen LogP contribution in [0.25, 0.3) is 0 Å². The van der Waals surface area contributed by atoms with Crippen molar-refractivity contribution in [2.45, 2.75) is 6.54 Å². The molecule has 76 valence electrons. The molecule has 1 heterocycles. The van der Waals surface area contributed by atoms with E-state index in [1.165, 1.54) is 0 Å². The third-order valence-corrected chi connectivity index (χ3v) is 2.87. The molecule has 2 nitrogen and oxygen atoms in total. The number of para-hydroxylation sites is 1. The largest absolute Gasteiger partial charge is 0.381 e. The van der Waals surface area contributed by atoms with Crippen LogP contribution in [-0.2, 0) is 6.54 Å². The maximum absolute atomic E-state index is 4.09. The van der Waals surface area contributed by atoms with Crippen molar-refractivity contribution in [1.29, 1.82) is 0 Å². The van der Waals surface area contributed by atoms with E-state index < -0.39 is 0 Å². The lowest BCUT2D eigenvalue weighted by Gasteiger charge is -2.07. The van der Waals surface area contributed by atoms with Crippen molar-refractivity contribution in [2.75, 3.05) is 5.32 Å². The van der Waals surface area contributed by atoms with E-state index in [0.717, 1.165) is 22.3 Å². The van der Waals surface area contributed by atoms with E-state index in [1.54, 1.807) is 6.20 Å². The van der Waals surface area contributed by atoms with Crippen LogP contribution < -0.4 is 5.32 Å². The topological polar surface area (TPSA) is 24.9 Å². The van der Waals surface area contributed by atoms with E-state index in [2.05, 4.69) is 26.2 Å². The first-order valence-corrected chi connectivity index (χ1v) is 5.53. The fraction of sp³-hybridized carbons (Fsp3) is 0.0833. The highest BCUT2D eigenvalue weighted by Crippen LogP contribution is 2.16. The zero-order chi connectivity index (χ0) is 10.5. The van der Waals surface area contributed by atoms with Gasteiger partial charge in [-0.15, -0.1) is 0 Å². The second kappa shape index (κ2) is 4.94. The number of aromatic nitrogens is 1. The number of hydrogen-bond acceptors (Lipinski definition) is 2. The summed E-state index contributed by atoms with van der Waals surface area (Å²) >= 11 is 3.49. The van der Waals surface area contributed by atoms with E-state index in [0.29, 0.717) is 0 Å². The molecular weight excluding hydrogens is 252 g/mol. The fourth-order valence-corrected chi connectivity index (χ4v) is 1.65. The minimum Gasteiger partial charge on any atom is -0.381 e. The van der Waals surface area contributed by atoms with E-state index in [-0.39, 0.29) is 0 Å². The average Bonchev–Trinajstić information content (AvgIpc) is 2.29. The molecule has 0 amide bonds. The van der Waals surface area contributed by atoms with Crippen LogP contribution in [0, 0.1) is 0 Å². The van der Waals surface area contributed by atoms with Crippen LogP contribution in [0.5, 0.6) is 0 Å². The second-order valence-electron chi connectivity index (χ2n) is 3.19. The summed E-state index contributed by atoms with van der Waals surface area (Å²) in [6, 6.07) is 12.1. The molecule has 1 aromatic heterocycles. The highest BCUT2D eigenvalue weighted by Gasteiger charge is 1.98. The number of rotatable bonds is 3. The van der Waals surface area contributed by atoms with Crippen molar-refractivity contribution in [2.24, 2.45) is 0 Å². The van der Waals surface area contributed by atoms with Crippen LogP contribution in [-0.4, -0.2) is 4.98 Å². The molecule has 0 aliphatic heterocycles. The molecule has 0 aliphatic rings. The number of anilines is 1. The zero-order valence-corrected chi connectivity index (χ0v) is 9.74. The first-order valence-electron chi connectivity index (χ1n) is 4.73. The Morgan fingerprint density at radius 3 is 2.67 bits per heavy atom. The molecule has 0 fully saturated rings. The maximum Gasteiger partial charge on any atom is 0.0427 e. The summed E-state index contributed by atoms with van der Waals surface area (Å²) in [6.07, 6.45) is 3.64. The van der Waals surface area contributed by atoms with Gasteiger partial charge in [0.1, 0.15) is 0 Å². The molecule has 0 aliphatic carbocycles. The molecule has 3 heteroatoms. The van der Waals surface area contributed by atoms with Crippen molar-refractivity contribution in [3.05, 3.63) is 58.8 Å². The predicted molar refractivity (Wildman–Crippen MR) is 65.7 cm³/mol. The van der Waals surface area contributed by atoms with Gasteiger partial charge in [-0.25, -0.2) is 0 Å². The number of nitrogens with zero attached hydrogens (tertiary/aromatic N) is 1. The third-order valence-electron chi connectivity index (χ3n) is 2.10. The van der Waals surface area contributed by atoms with Crippen molar-refractivity contribution in [3.63, 3.8) is 0 Å². The summed E-state index contributed by atoms with van der Waals surface area (Å²) in [4.78, 5) is 4.09. The lowest BCUT2D eigenvalue weighted by atomic mass is 10.2. The number of pyridine rings is 1. The van der Waals surface area contributed by atoms with Gasteiger partial charge in [-0.1, -0.05) is 34.1 Å². The Hall–Kier alpha value is -1.35. The Kier molecular flexibility index (Phi) is 3.35. The van der Waals surface area contributed by atoms with Crippen LogP contribution in [0.2, 0.25) is 0 Å². The van der Waals surface area contributed by atoms with Crippen LogP contribution in [0.15, 0.2) is 53.3 Å². The molecule has 2 rings (SSSR count). The molecule has 1 aromatic carbocycles. The van der Waals surface area contributed by atoms with Crippen LogP contribution in [0.1, 0.15) is 5.56 Å². The van der Waals surface area contributed by atoms with E-state index >= 15 is 0 Å². The summed E-state index contributed by atoms with van der Waals surface area (Å²) in [7, 11) is 0. The summed E-state index contributed by atoms with van der Waals surface area (Å²) in [5.41, 5.74) is 2.27. The summed E-state index contributed by atoms with van der Waals surface area (Å²) in [5.74, 6) is 0. The Bertz CT molecular complexity index is 429. The van der Waals surface area contributed by atoms with Gasteiger partial charge in [-0.3, -0.25) is 4.98 Å². The van der Waals surface area contributed by atoms with Gasteiger partial charge in [-0.05, 0) is 18.2 Å². The smallest absolute Gasteiger partial charge is 0.0427 e. The fourth-order valence-electron chi connectivity index (χ4n) is 1.29. The van der Waals surface area contributed by atoms with Crippen molar-refractivity contribution in [3.8, 4) is 0 Å². The Balaban J connectivity index is 2.03. The molecule has 0 unspecified atom stereocenters. The summed E-state index contributed by atoms with van der Waals surface area (Å²) in [5, 5.41) is 3.33. The van der Waals surface area contributed by atoms with Gasteiger partial charge in [0.05, 0.1) is 0 Å². The van der Waals surface area contributed by atoms with Gasteiger partial charge < -0.3 is 5.32 Å². The van der Waals surface area contributed by atoms with E-state index in [4.69, 9.17) is 0 Å². The predicted octanol–water partition coefficient (Wildman–Crippen LogP) is 3.46. The molecule has 0 atom stereocenters. The van der Waals surface area contributed by atoms with Gasteiger partial charge in [0.2, 0.25) is 0 Å².